The Morgan fingerprint density at radius 2 is 1.86 bits per heavy atom. The Bertz CT molecular complexity index is 854. The van der Waals surface area contributed by atoms with Gasteiger partial charge in [-0.2, -0.15) is 0 Å². The smallest absolute Gasteiger partial charge is 0.241 e. The first-order chi connectivity index (χ1) is 13.8. The number of halogens is 2. The van der Waals surface area contributed by atoms with E-state index in [1.807, 2.05) is 24.3 Å². The molecule has 0 saturated heterocycles. The minimum absolute atomic E-state index is 0.0278. The number of benzene rings is 2. The number of guanidine groups is 1. The lowest BCUT2D eigenvalue weighted by Gasteiger charge is -2.20. The van der Waals surface area contributed by atoms with Gasteiger partial charge in [-0.3, -0.25) is 4.79 Å². The predicted molar refractivity (Wildman–Crippen MR) is 109 cm³/mol. The average molecular weight is 404 g/mol. The van der Waals surface area contributed by atoms with Gasteiger partial charge in [-0.05, 0) is 30.7 Å². The van der Waals surface area contributed by atoms with E-state index in [1.165, 1.54) is 17.0 Å². The molecule has 0 aliphatic carbocycles. The fourth-order valence-corrected chi connectivity index (χ4v) is 2.51. The van der Waals surface area contributed by atoms with Gasteiger partial charge in [0.25, 0.3) is 0 Å². The highest BCUT2D eigenvalue weighted by Gasteiger charge is 2.14. The SMILES string of the molecule is COc1ccc(CN=C(NCC(=O)N(C)C)NC(C)c2ccc(F)cc2F)cc1. The number of rotatable bonds is 7. The number of amides is 1. The number of hydrogen-bond acceptors (Lipinski definition) is 3. The number of carbonyl (C=O) groups excluding carboxylic acids is 1. The summed E-state index contributed by atoms with van der Waals surface area (Å²) < 4.78 is 32.4. The number of nitrogens with zero attached hydrogens (tertiary/aromatic N) is 2. The van der Waals surface area contributed by atoms with Crippen LogP contribution in [0.1, 0.15) is 24.1 Å². The summed E-state index contributed by atoms with van der Waals surface area (Å²) in [5, 5.41) is 6.01. The van der Waals surface area contributed by atoms with E-state index in [-0.39, 0.29) is 12.5 Å². The fourth-order valence-electron chi connectivity index (χ4n) is 2.51. The summed E-state index contributed by atoms with van der Waals surface area (Å²) in [6.45, 7) is 2.10. The summed E-state index contributed by atoms with van der Waals surface area (Å²) in [4.78, 5) is 17.8. The third kappa shape index (κ3) is 6.74. The fraction of sp³-hybridized carbons (Fsp3) is 0.333. The summed E-state index contributed by atoms with van der Waals surface area (Å²) in [6.07, 6.45) is 0. The van der Waals surface area contributed by atoms with Crippen molar-refractivity contribution in [1.29, 1.82) is 0 Å². The normalized spacial score (nSPS) is 12.3. The molecular weight excluding hydrogens is 378 g/mol. The molecule has 8 heteroatoms. The van der Waals surface area contributed by atoms with Gasteiger partial charge in [0.1, 0.15) is 17.4 Å². The molecule has 0 saturated carbocycles. The second-order valence-corrected chi connectivity index (χ2v) is 6.69. The maximum absolute atomic E-state index is 14.1. The molecule has 2 aromatic carbocycles. The summed E-state index contributed by atoms with van der Waals surface area (Å²) in [7, 11) is 4.90. The van der Waals surface area contributed by atoms with Crippen molar-refractivity contribution in [2.45, 2.75) is 19.5 Å². The Labute approximate surface area is 169 Å². The van der Waals surface area contributed by atoms with Crippen LogP contribution in [0.3, 0.4) is 0 Å². The number of aliphatic imine (C=N–C) groups is 1. The summed E-state index contributed by atoms with van der Waals surface area (Å²) >= 11 is 0. The lowest BCUT2D eigenvalue weighted by molar-refractivity contribution is -0.127. The van der Waals surface area contributed by atoms with Crippen LogP contribution in [0.15, 0.2) is 47.5 Å². The quantitative estimate of drug-likeness (QED) is 0.550. The van der Waals surface area contributed by atoms with Crippen LogP contribution < -0.4 is 15.4 Å². The topological polar surface area (TPSA) is 66.0 Å². The molecule has 1 amide bonds. The minimum atomic E-state index is -0.649. The molecule has 0 fully saturated rings. The van der Waals surface area contributed by atoms with Gasteiger partial charge in [-0.1, -0.05) is 18.2 Å². The molecular formula is C21H26F2N4O2. The zero-order valence-corrected chi connectivity index (χ0v) is 17.0. The minimum Gasteiger partial charge on any atom is -0.497 e. The van der Waals surface area contributed by atoms with Crippen LogP contribution in [0.2, 0.25) is 0 Å². The number of carbonyl (C=O) groups is 1. The van der Waals surface area contributed by atoms with Crippen molar-refractivity contribution in [3.05, 3.63) is 65.2 Å². The molecule has 1 unspecified atom stereocenters. The predicted octanol–water partition coefficient (Wildman–Crippen LogP) is 2.86. The monoisotopic (exact) mass is 404 g/mol. The molecule has 2 aromatic rings. The molecule has 0 aromatic heterocycles. The number of likely N-dealkylation sites (N-methyl/N-ethyl adjacent to an activating group) is 1. The van der Waals surface area contributed by atoms with Gasteiger partial charge >= 0.3 is 0 Å². The second kappa shape index (κ2) is 10.4. The molecule has 29 heavy (non-hydrogen) atoms. The van der Waals surface area contributed by atoms with E-state index < -0.39 is 17.7 Å². The second-order valence-electron chi connectivity index (χ2n) is 6.69. The first-order valence-corrected chi connectivity index (χ1v) is 9.13. The van der Waals surface area contributed by atoms with Crippen LogP contribution in [0.25, 0.3) is 0 Å². The molecule has 1 atom stereocenters. The maximum Gasteiger partial charge on any atom is 0.241 e. The number of hydrogen-bond donors (Lipinski definition) is 2. The summed E-state index contributed by atoms with van der Waals surface area (Å²) in [5.74, 6) is -0.339. The van der Waals surface area contributed by atoms with Gasteiger partial charge < -0.3 is 20.3 Å². The molecule has 0 spiro atoms. The maximum atomic E-state index is 14.1. The lowest BCUT2D eigenvalue weighted by Crippen LogP contribution is -2.43. The van der Waals surface area contributed by atoms with Crippen LogP contribution >= 0.6 is 0 Å². The Morgan fingerprint density at radius 1 is 1.17 bits per heavy atom. The third-order valence-electron chi connectivity index (χ3n) is 4.27. The van der Waals surface area contributed by atoms with E-state index in [2.05, 4.69) is 15.6 Å². The highest BCUT2D eigenvalue weighted by atomic mass is 19.1. The van der Waals surface area contributed by atoms with Crippen molar-refractivity contribution >= 4 is 11.9 Å². The number of ether oxygens (including phenoxy) is 1. The van der Waals surface area contributed by atoms with E-state index in [0.717, 1.165) is 17.4 Å². The molecule has 156 valence electrons. The van der Waals surface area contributed by atoms with Gasteiger partial charge in [-0.15, -0.1) is 0 Å². The zero-order valence-electron chi connectivity index (χ0n) is 17.0. The van der Waals surface area contributed by atoms with E-state index in [0.29, 0.717) is 18.1 Å². The van der Waals surface area contributed by atoms with E-state index >= 15 is 0 Å². The van der Waals surface area contributed by atoms with Gasteiger partial charge in [-0.25, -0.2) is 13.8 Å². The average Bonchev–Trinajstić information content (AvgIpc) is 2.69. The van der Waals surface area contributed by atoms with Crippen molar-refractivity contribution in [3.63, 3.8) is 0 Å². The first-order valence-electron chi connectivity index (χ1n) is 9.13. The van der Waals surface area contributed by atoms with Crippen LogP contribution in [-0.4, -0.2) is 44.5 Å². The van der Waals surface area contributed by atoms with Gasteiger partial charge in [0, 0.05) is 25.7 Å². The van der Waals surface area contributed by atoms with Crippen molar-refractivity contribution in [3.8, 4) is 5.75 Å². The Balaban J connectivity index is 2.15. The Hall–Kier alpha value is -3.16. The molecule has 0 radical (unpaired) electrons. The zero-order chi connectivity index (χ0) is 21.4. The molecule has 0 heterocycles. The lowest BCUT2D eigenvalue weighted by atomic mass is 10.1. The highest BCUT2D eigenvalue weighted by Crippen LogP contribution is 2.18. The number of nitrogens with one attached hydrogen (secondary N) is 2. The van der Waals surface area contributed by atoms with Crippen molar-refractivity contribution in [2.75, 3.05) is 27.7 Å². The van der Waals surface area contributed by atoms with E-state index in [1.54, 1.807) is 28.1 Å². The van der Waals surface area contributed by atoms with Gasteiger partial charge in [0.2, 0.25) is 5.91 Å². The summed E-state index contributed by atoms with van der Waals surface area (Å²) in [5.41, 5.74) is 1.23. The van der Waals surface area contributed by atoms with Crippen LogP contribution in [0, 0.1) is 11.6 Å². The molecule has 6 nitrogen and oxygen atoms in total. The molecule has 0 aliphatic heterocycles. The molecule has 0 aliphatic rings. The van der Waals surface area contributed by atoms with E-state index in [4.69, 9.17) is 4.74 Å². The molecule has 2 N–H and O–H groups in total. The highest BCUT2D eigenvalue weighted by molar-refractivity contribution is 5.86. The van der Waals surface area contributed by atoms with Crippen LogP contribution in [0.5, 0.6) is 5.75 Å². The Kier molecular flexibility index (Phi) is 7.94. The standard InChI is InChI=1S/C21H26F2N4O2/c1-14(18-10-7-16(22)11-19(18)23)26-21(25-13-20(28)27(2)3)24-12-15-5-8-17(29-4)9-6-15/h5-11,14H,12-13H2,1-4H3,(H2,24,25,26). The van der Waals surface area contributed by atoms with Gasteiger partial charge in [0.05, 0.1) is 26.2 Å². The largest absolute Gasteiger partial charge is 0.497 e. The van der Waals surface area contributed by atoms with Crippen LogP contribution in [0.4, 0.5) is 8.78 Å². The first kappa shape index (κ1) is 22.1. The third-order valence-corrected chi connectivity index (χ3v) is 4.27. The van der Waals surface area contributed by atoms with Crippen LogP contribution in [-0.2, 0) is 11.3 Å². The number of methoxy groups -OCH3 is 1. The summed E-state index contributed by atoms with van der Waals surface area (Å²) in [6, 6.07) is 10.4. The van der Waals surface area contributed by atoms with Crippen molar-refractivity contribution in [2.24, 2.45) is 4.99 Å². The van der Waals surface area contributed by atoms with Crippen molar-refractivity contribution < 1.29 is 18.3 Å². The van der Waals surface area contributed by atoms with E-state index in [9.17, 15) is 13.6 Å². The van der Waals surface area contributed by atoms with Crippen molar-refractivity contribution in [1.82, 2.24) is 15.5 Å². The molecule has 0 bridgehead atoms. The molecule has 2 rings (SSSR count). The Morgan fingerprint density at radius 3 is 2.45 bits per heavy atom. The van der Waals surface area contributed by atoms with Gasteiger partial charge in [0.15, 0.2) is 5.96 Å².